The van der Waals surface area contributed by atoms with E-state index < -0.39 is 7.60 Å². The SMILES string of the molecule is CSC(c1c(C)cc2ccccn12)P(=O)(OC(C)C)OC(C)C. The fraction of sp³-hybridized carbons (Fsp3) is 0.529. The summed E-state index contributed by atoms with van der Waals surface area (Å²) >= 11 is 1.51. The molecule has 0 fully saturated rings. The first kappa shape index (κ1) is 18.6. The lowest BCUT2D eigenvalue weighted by Gasteiger charge is -2.29. The Bertz CT molecular complexity index is 697. The summed E-state index contributed by atoms with van der Waals surface area (Å²) < 4.78 is 27.3. The van der Waals surface area contributed by atoms with Crippen molar-refractivity contribution in [2.45, 2.75) is 51.8 Å². The Kier molecular flexibility index (Phi) is 6.01. The van der Waals surface area contributed by atoms with Crippen LogP contribution in [0.15, 0.2) is 30.5 Å². The Morgan fingerprint density at radius 3 is 2.26 bits per heavy atom. The first-order chi connectivity index (χ1) is 10.8. The molecule has 0 aliphatic carbocycles. The van der Waals surface area contributed by atoms with Crippen molar-refractivity contribution in [1.82, 2.24) is 4.40 Å². The van der Waals surface area contributed by atoms with Gasteiger partial charge in [-0.3, -0.25) is 4.57 Å². The Balaban J connectivity index is 2.58. The van der Waals surface area contributed by atoms with Crippen molar-refractivity contribution in [3.8, 4) is 0 Å². The van der Waals surface area contributed by atoms with Crippen molar-refractivity contribution in [1.29, 1.82) is 0 Å². The Hall–Kier alpha value is -0.740. The molecular formula is C17H26NO3PS. The van der Waals surface area contributed by atoms with Gasteiger partial charge in [-0.1, -0.05) is 6.07 Å². The zero-order valence-corrected chi connectivity index (χ0v) is 16.4. The summed E-state index contributed by atoms with van der Waals surface area (Å²) in [4.78, 5) is -0.364. The molecule has 1 unspecified atom stereocenters. The summed E-state index contributed by atoms with van der Waals surface area (Å²) in [5.41, 5.74) is 3.16. The monoisotopic (exact) mass is 355 g/mol. The van der Waals surface area contributed by atoms with Crippen LogP contribution in [-0.2, 0) is 13.6 Å². The van der Waals surface area contributed by atoms with E-state index in [4.69, 9.17) is 9.05 Å². The average Bonchev–Trinajstić information content (AvgIpc) is 2.74. The second-order valence-electron chi connectivity index (χ2n) is 6.14. The minimum Gasteiger partial charge on any atom is -0.319 e. The van der Waals surface area contributed by atoms with Crippen LogP contribution < -0.4 is 0 Å². The molecule has 0 radical (unpaired) electrons. The average molecular weight is 355 g/mol. The molecule has 128 valence electrons. The van der Waals surface area contributed by atoms with Crippen molar-refractivity contribution in [2.24, 2.45) is 0 Å². The minimum absolute atomic E-state index is 0.166. The maximum atomic E-state index is 13.6. The summed E-state index contributed by atoms with van der Waals surface area (Å²) in [5.74, 6) is 0. The van der Waals surface area contributed by atoms with E-state index in [9.17, 15) is 4.57 Å². The Morgan fingerprint density at radius 1 is 1.13 bits per heavy atom. The normalized spacial score (nSPS) is 14.1. The van der Waals surface area contributed by atoms with E-state index in [0.29, 0.717) is 0 Å². The summed E-state index contributed by atoms with van der Waals surface area (Å²) in [6, 6.07) is 8.13. The number of aryl methyl sites for hydroxylation is 1. The highest BCUT2D eigenvalue weighted by Crippen LogP contribution is 2.66. The molecule has 0 spiro atoms. The fourth-order valence-electron chi connectivity index (χ4n) is 2.71. The number of hydrogen-bond acceptors (Lipinski definition) is 4. The molecule has 0 aromatic carbocycles. The largest absolute Gasteiger partial charge is 0.349 e. The zero-order valence-electron chi connectivity index (χ0n) is 14.6. The predicted octanol–water partition coefficient (Wildman–Crippen LogP) is 5.65. The molecular weight excluding hydrogens is 329 g/mol. The third-order valence-electron chi connectivity index (χ3n) is 3.38. The van der Waals surface area contributed by atoms with Crippen molar-refractivity contribution in [2.75, 3.05) is 6.26 Å². The maximum absolute atomic E-state index is 13.6. The summed E-state index contributed by atoms with van der Waals surface area (Å²) in [7, 11) is -3.32. The first-order valence-electron chi connectivity index (χ1n) is 7.84. The maximum Gasteiger partial charge on any atom is 0.349 e. The van der Waals surface area contributed by atoms with E-state index in [1.165, 1.54) is 11.8 Å². The van der Waals surface area contributed by atoms with Gasteiger partial charge in [0.25, 0.3) is 0 Å². The molecule has 2 rings (SSSR count). The summed E-state index contributed by atoms with van der Waals surface area (Å²) in [6.45, 7) is 9.59. The first-order valence-corrected chi connectivity index (χ1v) is 10.7. The van der Waals surface area contributed by atoms with Crippen LogP contribution >= 0.6 is 19.4 Å². The molecule has 0 bridgehead atoms. The smallest absolute Gasteiger partial charge is 0.319 e. The van der Waals surface area contributed by atoms with Gasteiger partial charge in [0.15, 0.2) is 0 Å². The summed E-state index contributed by atoms with van der Waals surface area (Å²) in [5, 5.41) is 0. The molecule has 0 amide bonds. The minimum atomic E-state index is -3.32. The molecule has 6 heteroatoms. The van der Waals surface area contributed by atoms with Crippen molar-refractivity contribution in [3.05, 3.63) is 41.7 Å². The van der Waals surface area contributed by atoms with Crippen molar-refractivity contribution >= 4 is 24.9 Å². The quantitative estimate of drug-likeness (QED) is 0.602. The molecule has 2 aromatic heterocycles. The lowest BCUT2D eigenvalue weighted by atomic mass is 10.3. The van der Waals surface area contributed by atoms with Crippen LogP contribution in [0.3, 0.4) is 0 Å². The Morgan fingerprint density at radius 2 is 1.74 bits per heavy atom. The standard InChI is InChI=1S/C17H26NO3PS/c1-12(2)20-22(19,21-13(3)4)17(23-6)16-14(5)11-15-9-7-8-10-18(15)16/h7-13,17H,1-6H3. The second kappa shape index (κ2) is 7.43. The molecule has 2 heterocycles. The van der Waals surface area contributed by atoms with Crippen molar-refractivity contribution < 1.29 is 13.6 Å². The molecule has 0 saturated carbocycles. The lowest BCUT2D eigenvalue weighted by molar-refractivity contribution is 0.141. The fourth-order valence-corrected chi connectivity index (χ4v) is 6.63. The van der Waals surface area contributed by atoms with E-state index in [1.54, 1.807) is 0 Å². The van der Waals surface area contributed by atoms with Gasteiger partial charge in [-0.2, -0.15) is 0 Å². The summed E-state index contributed by atoms with van der Waals surface area (Å²) in [6.07, 6.45) is 3.61. The van der Waals surface area contributed by atoms with Gasteiger partial charge in [-0.05, 0) is 64.6 Å². The molecule has 0 aliphatic heterocycles. The highest BCUT2D eigenvalue weighted by molar-refractivity contribution is 8.04. The number of thioether (sulfide) groups is 1. The van der Waals surface area contributed by atoms with Crippen LogP contribution in [-0.4, -0.2) is 22.9 Å². The molecule has 0 saturated heterocycles. The molecule has 0 aliphatic rings. The predicted molar refractivity (Wildman–Crippen MR) is 98.4 cm³/mol. The van der Waals surface area contributed by atoms with Gasteiger partial charge in [-0.25, -0.2) is 0 Å². The molecule has 4 nitrogen and oxygen atoms in total. The van der Waals surface area contributed by atoms with Gasteiger partial charge in [0, 0.05) is 11.7 Å². The Labute approximate surface area is 143 Å². The van der Waals surface area contributed by atoms with Crippen LogP contribution in [0.5, 0.6) is 0 Å². The van der Waals surface area contributed by atoms with Gasteiger partial charge in [-0.15, -0.1) is 11.8 Å². The lowest BCUT2D eigenvalue weighted by Crippen LogP contribution is -2.13. The molecule has 2 aromatic rings. The molecule has 23 heavy (non-hydrogen) atoms. The van der Waals surface area contributed by atoms with Crippen LogP contribution in [0.1, 0.15) is 43.9 Å². The van der Waals surface area contributed by atoms with Crippen LogP contribution in [0.4, 0.5) is 0 Å². The highest BCUT2D eigenvalue weighted by Gasteiger charge is 2.41. The third-order valence-corrected chi connectivity index (χ3v) is 7.71. The van der Waals surface area contributed by atoms with Gasteiger partial charge >= 0.3 is 7.60 Å². The number of fused-ring (bicyclic) bond motifs is 1. The van der Waals surface area contributed by atoms with E-state index in [1.807, 2.05) is 65.3 Å². The van der Waals surface area contributed by atoms with Crippen LogP contribution in [0, 0.1) is 6.92 Å². The third kappa shape index (κ3) is 4.03. The molecule has 1 atom stereocenters. The van der Waals surface area contributed by atoms with Gasteiger partial charge in [0.2, 0.25) is 0 Å². The van der Waals surface area contributed by atoms with E-state index in [0.717, 1.165) is 16.8 Å². The number of aromatic nitrogens is 1. The number of pyridine rings is 1. The van der Waals surface area contributed by atoms with Gasteiger partial charge < -0.3 is 13.4 Å². The van der Waals surface area contributed by atoms with E-state index in [2.05, 4.69) is 10.5 Å². The molecule has 0 N–H and O–H groups in total. The zero-order chi connectivity index (χ0) is 17.2. The second-order valence-corrected chi connectivity index (χ2v) is 9.45. The van der Waals surface area contributed by atoms with E-state index >= 15 is 0 Å². The number of rotatable bonds is 7. The number of hydrogen-bond donors (Lipinski definition) is 0. The van der Waals surface area contributed by atoms with E-state index in [-0.39, 0.29) is 17.2 Å². The number of nitrogens with zero attached hydrogens (tertiary/aromatic N) is 1. The van der Waals surface area contributed by atoms with Gasteiger partial charge in [0.05, 0.1) is 17.9 Å². The topological polar surface area (TPSA) is 39.9 Å². The van der Waals surface area contributed by atoms with Crippen LogP contribution in [0.2, 0.25) is 0 Å². The van der Waals surface area contributed by atoms with Crippen LogP contribution in [0.25, 0.3) is 5.52 Å². The highest BCUT2D eigenvalue weighted by atomic mass is 32.2. The van der Waals surface area contributed by atoms with Gasteiger partial charge in [0.1, 0.15) is 4.99 Å². The van der Waals surface area contributed by atoms with Crippen molar-refractivity contribution in [3.63, 3.8) is 0 Å².